The molecule has 0 amide bonds. The summed E-state index contributed by atoms with van der Waals surface area (Å²) in [6, 6.07) is 10.1. The molecule has 0 saturated heterocycles. The van der Waals surface area contributed by atoms with Gasteiger partial charge in [0, 0.05) is 21.1 Å². The molecule has 1 aromatic rings. The van der Waals surface area contributed by atoms with Crippen LogP contribution in [0.3, 0.4) is 0 Å². The van der Waals surface area contributed by atoms with Gasteiger partial charge in [-0.2, -0.15) is 0 Å². The van der Waals surface area contributed by atoms with Crippen molar-refractivity contribution in [2.24, 2.45) is 4.99 Å². The van der Waals surface area contributed by atoms with Crippen LogP contribution in [-0.2, 0) is 10.8 Å². The van der Waals surface area contributed by atoms with Crippen LogP contribution in [0.15, 0.2) is 35.3 Å². The fourth-order valence-electron chi connectivity index (χ4n) is 1.93. The number of hydrogen-bond acceptors (Lipinski definition) is 3. The Hall–Kier alpha value is -0.610. The minimum atomic E-state index is -0.928. The first-order valence-electron chi connectivity index (χ1n) is 6.44. The normalized spacial score (nSPS) is 24.1. The lowest BCUT2D eigenvalue weighted by molar-refractivity contribution is 0.558. The van der Waals surface area contributed by atoms with Crippen molar-refractivity contribution in [1.82, 2.24) is 0 Å². The van der Waals surface area contributed by atoms with Gasteiger partial charge in [0.15, 0.2) is 0 Å². The maximum absolute atomic E-state index is 12.7. The van der Waals surface area contributed by atoms with Crippen LogP contribution in [0.2, 0.25) is 0 Å². The van der Waals surface area contributed by atoms with Gasteiger partial charge in [-0.1, -0.05) is 42.1 Å². The van der Waals surface area contributed by atoms with E-state index >= 15 is 0 Å². The molecule has 0 N–H and O–H groups in total. The smallest absolute Gasteiger partial charge is 0.111 e. The van der Waals surface area contributed by atoms with Crippen LogP contribution in [0, 0.1) is 0 Å². The molecular weight excluding hydrogens is 274 g/mol. The third-order valence-electron chi connectivity index (χ3n) is 3.00. The number of nitrogens with zero attached hydrogens (tertiary/aromatic N) is 1. The molecule has 0 spiro atoms. The zero-order valence-electron chi connectivity index (χ0n) is 12.1. The van der Waals surface area contributed by atoms with E-state index in [1.807, 2.05) is 39.0 Å². The van der Waals surface area contributed by atoms with Crippen molar-refractivity contribution >= 4 is 27.6 Å². The molecule has 0 aliphatic carbocycles. The molecule has 0 radical (unpaired) electrons. The van der Waals surface area contributed by atoms with Gasteiger partial charge in [-0.3, -0.25) is 9.20 Å². The Bertz CT molecular complexity index is 515. The van der Waals surface area contributed by atoms with E-state index in [9.17, 15) is 4.21 Å². The minimum absolute atomic E-state index is 0.0164. The summed E-state index contributed by atoms with van der Waals surface area (Å²) in [6.07, 6.45) is 0. The van der Waals surface area contributed by atoms with E-state index in [2.05, 4.69) is 26.0 Å². The first-order valence-corrected chi connectivity index (χ1v) is 8.54. The zero-order chi connectivity index (χ0) is 14.3. The van der Waals surface area contributed by atoms with Crippen LogP contribution >= 0.6 is 11.8 Å². The minimum Gasteiger partial charge on any atom is -0.270 e. The van der Waals surface area contributed by atoms with Crippen molar-refractivity contribution in [3.63, 3.8) is 0 Å². The van der Waals surface area contributed by atoms with Crippen LogP contribution in [-0.4, -0.2) is 24.1 Å². The summed E-state index contributed by atoms with van der Waals surface area (Å²) in [7, 11) is -0.928. The first-order chi connectivity index (χ1) is 8.72. The summed E-state index contributed by atoms with van der Waals surface area (Å²) in [5.41, 5.74) is 0.836. The fraction of sp³-hybridized carbons (Fsp3) is 0.533. The van der Waals surface area contributed by atoms with Gasteiger partial charge in [0.2, 0.25) is 0 Å². The molecule has 0 bridgehead atoms. The second-order valence-electron chi connectivity index (χ2n) is 6.30. The summed E-state index contributed by atoms with van der Waals surface area (Å²) in [5.74, 6) is 0. The molecule has 1 aromatic carbocycles. The van der Waals surface area contributed by atoms with Gasteiger partial charge < -0.3 is 0 Å². The van der Waals surface area contributed by atoms with E-state index in [0.717, 1.165) is 10.6 Å². The molecule has 2 unspecified atom stereocenters. The molecule has 1 aliphatic rings. The van der Waals surface area contributed by atoms with Crippen molar-refractivity contribution in [2.75, 3.05) is 0 Å². The first kappa shape index (κ1) is 14.8. The number of rotatable bonds is 2. The van der Waals surface area contributed by atoms with Crippen molar-refractivity contribution in [3.8, 4) is 0 Å². The molecule has 2 nitrogen and oxygen atoms in total. The molecule has 4 heteroatoms. The molecule has 19 heavy (non-hydrogen) atoms. The van der Waals surface area contributed by atoms with Crippen molar-refractivity contribution in [2.45, 2.75) is 49.5 Å². The van der Waals surface area contributed by atoms with Crippen molar-refractivity contribution in [3.05, 3.63) is 35.9 Å². The van der Waals surface area contributed by atoms with Crippen LogP contribution in [0.4, 0.5) is 0 Å². The number of benzene rings is 1. The Morgan fingerprint density at radius 1 is 1.21 bits per heavy atom. The maximum Gasteiger partial charge on any atom is 0.111 e. The third kappa shape index (κ3) is 3.11. The highest BCUT2D eigenvalue weighted by atomic mass is 32.2. The second-order valence-corrected chi connectivity index (χ2v) is 9.98. The van der Waals surface area contributed by atoms with Gasteiger partial charge in [-0.05, 0) is 34.6 Å². The summed E-state index contributed by atoms with van der Waals surface area (Å²) < 4.78 is 12.5. The van der Waals surface area contributed by atoms with E-state index in [-0.39, 0.29) is 14.9 Å². The predicted molar refractivity (Wildman–Crippen MR) is 86.3 cm³/mol. The van der Waals surface area contributed by atoms with Gasteiger partial charge in [0.25, 0.3) is 0 Å². The van der Waals surface area contributed by atoms with E-state index in [4.69, 9.17) is 4.99 Å². The van der Waals surface area contributed by atoms with Gasteiger partial charge in [-0.15, -0.1) is 0 Å². The van der Waals surface area contributed by atoms with E-state index in [1.54, 1.807) is 11.8 Å². The Kier molecular flexibility index (Phi) is 3.94. The van der Waals surface area contributed by atoms with Gasteiger partial charge in [-0.25, -0.2) is 0 Å². The average Bonchev–Trinajstić information content (AvgIpc) is 2.64. The molecule has 1 aliphatic heterocycles. The molecular formula is C15H21NOS2. The zero-order valence-corrected chi connectivity index (χ0v) is 13.8. The Balaban J connectivity index is 2.29. The quantitative estimate of drug-likeness (QED) is 0.830. The number of hydrogen-bond donors (Lipinski definition) is 0. The topological polar surface area (TPSA) is 29.4 Å². The number of thioether (sulfide) groups is 1. The molecule has 2 rings (SSSR count). The van der Waals surface area contributed by atoms with Gasteiger partial charge in [0.1, 0.15) is 4.58 Å². The standard InChI is InChI=1S/C15H21NOS2/c1-14(2,3)19(17)13-15(4,5)16-12(18-13)11-9-7-6-8-10-11/h6-10,13H,1-5H3. The Morgan fingerprint density at radius 2 is 1.79 bits per heavy atom. The molecule has 1 heterocycles. The fourth-order valence-corrected chi connectivity index (χ4v) is 5.74. The van der Waals surface area contributed by atoms with E-state index < -0.39 is 10.8 Å². The summed E-state index contributed by atoms with van der Waals surface area (Å²) in [6.45, 7) is 10.2. The highest BCUT2D eigenvalue weighted by Crippen LogP contribution is 2.42. The molecule has 2 atom stereocenters. The average molecular weight is 295 g/mol. The van der Waals surface area contributed by atoms with Crippen molar-refractivity contribution in [1.29, 1.82) is 0 Å². The van der Waals surface area contributed by atoms with Gasteiger partial charge >= 0.3 is 0 Å². The molecule has 0 aromatic heterocycles. The SMILES string of the molecule is CC1(C)N=C(c2ccccc2)SC1S(=O)C(C)(C)C. The largest absolute Gasteiger partial charge is 0.270 e. The molecule has 0 fully saturated rings. The van der Waals surface area contributed by atoms with E-state index in [1.165, 1.54) is 0 Å². The summed E-state index contributed by atoms with van der Waals surface area (Å²) in [4.78, 5) is 4.79. The lowest BCUT2D eigenvalue weighted by Crippen LogP contribution is -2.39. The van der Waals surface area contributed by atoms with E-state index in [0.29, 0.717) is 0 Å². The van der Waals surface area contributed by atoms with Crippen LogP contribution in [0.25, 0.3) is 0 Å². The van der Waals surface area contributed by atoms with Crippen molar-refractivity contribution < 1.29 is 4.21 Å². The second kappa shape index (κ2) is 5.06. The lowest BCUT2D eigenvalue weighted by atomic mass is 10.1. The molecule has 0 saturated carbocycles. The highest BCUT2D eigenvalue weighted by molar-refractivity contribution is 8.22. The maximum atomic E-state index is 12.7. The van der Waals surface area contributed by atoms with Crippen LogP contribution < -0.4 is 0 Å². The Morgan fingerprint density at radius 3 is 2.32 bits per heavy atom. The summed E-state index contributed by atoms with van der Waals surface area (Å²) >= 11 is 1.66. The van der Waals surface area contributed by atoms with Crippen LogP contribution in [0.5, 0.6) is 0 Å². The monoisotopic (exact) mass is 295 g/mol. The lowest BCUT2D eigenvalue weighted by Gasteiger charge is -2.29. The van der Waals surface area contributed by atoms with Crippen LogP contribution in [0.1, 0.15) is 40.2 Å². The summed E-state index contributed by atoms with van der Waals surface area (Å²) in [5, 5.41) is 1.01. The Labute approximate surface area is 122 Å². The predicted octanol–water partition coefficient (Wildman–Crippen LogP) is 3.83. The number of aliphatic imine (C=N–C) groups is 1. The third-order valence-corrected chi connectivity index (χ3v) is 7.33. The van der Waals surface area contributed by atoms with Gasteiger partial charge in [0.05, 0.1) is 10.6 Å². The highest BCUT2D eigenvalue weighted by Gasteiger charge is 2.44. The molecule has 104 valence electrons.